The van der Waals surface area contributed by atoms with Gasteiger partial charge in [-0.2, -0.15) is 5.26 Å². The van der Waals surface area contributed by atoms with Crippen molar-refractivity contribution in [3.63, 3.8) is 0 Å². The predicted octanol–water partition coefficient (Wildman–Crippen LogP) is 19.5. The summed E-state index contributed by atoms with van der Waals surface area (Å²) in [7, 11) is 0. The third kappa shape index (κ3) is 9.35. The Hall–Kier alpha value is -8.92. The van der Waals surface area contributed by atoms with Crippen molar-refractivity contribution in [3.8, 4) is 73.9 Å². The molecule has 0 saturated carbocycles. The molecular weight excluding hydrogens is 973 g/mol. The largest absolute Gasteiger partial charge is 0.309 e. The van der Waals surface area contributed by atoms with Gasteiger partial charge in [-0.25, -0.2) is 15.0 Å². The van der Waals surface area contributed by atoms with Gasteiger partial charge < -0.3 is 9.13 Å². The number of aromatic nitrogens is 5. The van der Waals surface area contributed by atoms with Crippen LogP contribution in [0.1, 0.15) is 111 Å². The number of nitriles is 1. The summed E-state index contributed by atoms with van der Waals surface area (Å²) >= 11 is 0. The molecule has 12 aromatic rings. The molecule has 6 heteroatoms. The van der Waals surface area contributed by atoms with Gasteiger partial charge in [-0.1, -0.05) is 186 Å². The topological polar surface area (TPSA) is 72.3 Å². The summed E-state index contributed by atoms with van der Waals surface area (Å²) in [4.78, 5) is 16.0. The molecule has 0 atom stereocenters. The summed E-state index contributed by atoms with van der Waals surface area (Å²) < 4.78 is 4.91. The number of rotatable bonds is 7. The Kier molecular flexibility index (Phi) is 12.4. The van der Waals surface area contributed by atoms with Gasteiger partial charge in [0.25, 0.3) is 0 Å². The number of fused-ring (bicyclic) bond motifs is 6. The van der Waals surface area contributed by atoms with E-state index in [1.54, 1.807) is 0 Å². The molecule has 9 aromatic carbocycles. The molecule has 0 aliphatic heterocycles. The highest BCUT2D eigenvalue weighted by molar-refractivity contribution is 6.12. The highest BCUT2D eigenvalue weighted by Gasteiger charge is 2.27. The lowest BCUT2D eigenvalue weighted by Gasteiger charge is -2.21. The van der Waals surface area contributed by atoms with E-state index in [1.807, 2.05) is 54.6 Å². The molecule has 3 heterocycles. The van der Waals surface area contributed by atoms with Crippen LogP contribution in [-0.4, -0.2) is 24.1 Å². The summed E-state index contributed by atoms with van der Waals surface area (Å²) in [5.74, 6) is 1.73. The van der Waals surface area contributed by atoms with E-state index in [2.05, 4.69) is 238 Å². The molecule has 3 aromatic heterocycles. The molecule has 0 amide bonds. The molecule has 12 rings (SSSR count). The van der Waals surface area contributed by atoms with E-state index in [9.17, 15) is 5.26 Å². The second-order valence-electron chi connectivity index (χ2n) is 25.8. The number of nitrogens with zero attached hydrogens (tertiary/aromatic N) is 6. The molecule has 0 aliphatic carbocycles. The van der Waals surface area contributed by atoms with Crippen molar-refractivity contribution in [1.29, 1.82) is 5.26 Å². The molecule has 6 nitrogen and oxygen atoms in total. The maximum atomic E-state index is 10.2. The first kappa shape index (κ1) is 51.8. The molecule has 0 saturated heterocycles. The van der Waals surface area contributed by atoms with Crippen LogP contribution in [0.5, 0.6) is 0 Å². The van der Waals surface area contributed by atoms with E-state index in [0.717, 1.165) is 72.4 Å². The molecule has 394 valence electrons. The summed E-state index contributed by atoms with van der Waals surface area (Å²) in [6, 6.07) is 72.4. The van der Waals surface area contributed by atoms with E-state index in [0.29, 0.717) is 23.0 Å². The van der Waals surface area contributed by atoms with Crippen LogP contribution in [-0.2, 0) is 21.7 Å². The van der Waals surface area contributed by atoms with Crippen LogP contribution in [0.2, 0.25) is 0 Å². The lowest BCUT2D eigenvalue weighted by molar-refractivity contribution is 0.590. The minimum Gasteiger partial charge on any atom is -0.309 e. The first-order valence-electron chi connectivity index (χ1n) is 28.0. The zero-order chi connectivity index (χ0) is 56.0. The second-order valence-corrected chi connectivity index (χ2v) is 25.8. The van der Waals surface area contributed by atoms with Crippen LogP contribution in [0.25, 0.3) is 111 Å². The minimum atomic E-state index is -0.0679. The van der Waals surface area contributed by atoms with Crippen LogP contribution in [0, 0.1) is 11.3 Å². The van der Waals surface area contributed by atoms with E-state index in [-0.39, 0.29) is 21.7 Å². The normalized spacial score (nSPS) is 12.5. The van der Waals surface area contributed by atoms with Gasteiger partial charge in [-0.15, -0.1) is 0 Å². The zero-order valence-corrected chi connectivity index (χ0v) is 48.2. The average molecular weight is 1040 g/mol. The van der Waals surface area contributed by atoms with Crippen LogP contribution >= 0.6 is 0 Å². The zero-order valence-electron chi connectivity index (χ0n) is 48.2. The fraction of sp³-hybridized carbons (Fsp3) is 0.216. The predicted molar refractivity (Wildman–Crippen MR) is 335 cm³/mol. The molecule has 0 N–H and O–H groups in total. The van der Waals surface area contributed by atoms with Gasteiger partial charge in [0.15, 0.2) is 17.5 Å². The molecule has 0 bridgehead atoms. The van der Waals surface area contributed by atoms with E-state index < -0.39 is 0 Å². The summed E-state index contributed by atoms with van der Waals surface area (Å²) in [5.41, 5.74) is 18.5. The maximum Gasteiger partial charge on any atom is 0.164 e. The Balaban J connectivity index is 1.23. The van der Waals surface area contributed by atoms with E-state index in [4.69, 9.17) is 15.0 Å². The first-order valence-corrected chi connectivity index (χ1v) is 28.0. The highest BCUT2D eigenvalue weighted by Crippen LogP contribution is 2.46. The Morgan fingerprint density at radius 1 is 0.325 bits per heavy atom. The summed E-state index contributed by atoms with van der Waals surface area (Å²) in [5, 5.41) is 15.1. The Labute approximate surface area is 471 Å². The van der Waals surface area contributed by atoms with Crippen LogP contribution in [0.4, 0.5) is 0 Å². The van der Waals surface area contributed by atoms with Crippen molar-refractivity contribution in [3.05, 3.63) is 222 Å². The second kappa shape index (κ2) is 19.2. The van der Waals surface area contributed by atoms with Gasteiger partial charge in [0.1, 0.15) is 0 Å². The minimum absolute atomic E-state index is 0.0512. The van der Waals surface area contributed by atoms with Gasteiger partial charge >= 0.3 is 0 Å². The Bertz CT molecular complexity index is 4240. The molecule has 0 aliphatic rings. The van der Waals surface area contributed by atoms with Gasteiger partial charge in [-0.05, 0) is 152 Å². The lowest BCUT2D eigenvalue weighted by Crippen LogP contribution is -2.10. The van der Waals surface area contributed by atoms with Crippen molar-refractivity contribution >= 4 is 43.6 Å². The van der Waals surface area contributed by atoms with Crippen molar-refractivity contribution < 1.29 is 0 Å². The molecule has 0 radical (unpaired) electrons. The molecule has 0 fully saturated rings. The summed E-state index contributed by atoms with van der Waals surface area (Å²) in [6.07, 6.45) is 0. The van der Waals surface area contributed by atoms with Gasteiger partial charge in [0, 0.05) is 49.5 Å². The number of hydrogen-bond donors (Lipinski definition) is 0. The molecular formula is C74H68N6. The Morgan fingerprint density at radius 3 is 1.18 bits per heavy atom. The van der Waals surface area contributed by atoms with Gasteiger partial charge in [0.05, 0.1) is 39.4 Å². The third-order valence-corrected chi connectivity index (χ3v) is 16.0. The van der Waals surface area contributed by atoms with E-state index >= 15 is 0 Å². The van der Waals surface area contributed by atoms with Crippen LogP contribution < -0.4 is 0 Å². The van der Waals surface area contributed by atoms with Gasteiger partial charge in [0.2, 0.25) is 0 Å². The molecule has 80 heavy (non-hydrogen) atoms. The summed E-state index contributed by atoms with van der Waals surface area (Å²) in [6.45, 7) is 27.5. The van der Waals surface area contributed by atoms with Crippen LogP contribution in [0.15, 0.2) is 194 Å². The smallest absolute Gasteiger partial charge is 0.164 e. The molecule has 0 spiro atoms. The Morgan fingerprint density at radius 2 is 0.738 bits per heavy atom. The number of benzene rings is 9. The maximum absolute atomic E-state index is 10.2. The van der Waals surface area contributed by atoms with Gasteiger partial charge in [-0.3, -0.25) is 0 Å². The standard InChI is InChI=1S/C74H68N6/c1-71(2,3)51-27-34-63-59(40-51)60-41-52(72(4,5)6)28-35-64(60)79(63)55-31-32-56(70-77-68(47-21-15-13-16-22-47)76-69(78-70)48-23-17-14-18-24-48)57(44-55)58-39-50(49-25-19-20-46(38-49)45-75)26-33-65(58)80-66-36-29-53(73(7,8)9)42-61(66)62-43-54(74(10,11)12)30-37-67(62)80/h13-44H,1-12H3. The first-order chi connectivity index (χ1) is 38.1. The fourth-order valence-electron chi connectivity index (χ4n) is 11.4. The third-order valence-electron chi connectivity index (χ3n) is 16.0. The lowest BCUT2D eigenvalue weighted by atomic mass is 9.85. The quantitative estimate of drug-likeness (QED) is 0.159. The van der Waals surface area contributed by atoms with E-state index in [1.165, 1.54) is 43.8 Å². The van der Waals surface area contributed by atoms with Crippen LogP contribution in [0.3, 0.4) is 0 Å². The van der Waals surface area contributed by atoms with Crippen molar-refractivity contribution in [1.82, 2.24) is 24.1 Å². The highest BCUT2D eigenvalue weighted by atomic mass is 15.0. The average Bonchev–Trinajstić information content (AvgIpc) is 3.46. The van der Waals surface area contributed by atoms with Crippen molar-refractivity contribution in [2.45, 2.75) is 105 Å². The molecule has 0 unspecified atom stereocenters. The number of hydrogen-bond acceptors (Lipinski definition) is 4. The monoisotopic (exact) mass is 1040 g/mol. The SMILES string of the molecule is CC(C)(C)c1ccc2c(c1)c1cc(C(C)(C)C)ccc1n2-c1ccc(-c2nc(-c3ccccc3)nc(-c3ccccc3)n2)c(-c2cc(-c3cccc(C#N)c3)ccc2-n2c3ccc(C(C)(C)C)cc3c3cc(C(C)(C)C)ccc32)c1. The van der Waals surface area contributed by atoms with Crippen molar-refractivity contribution in [2.75, 3.05) is 0 Å². The fourth-order valence-corrected chi connectivity index (χ4v) is 11.4. The van der Waals surface area contributed by atoms with Crippen molar-refractivity contribution in [2.24, 2.45) is 0 Å².